The van der Waals surface area contributed by atoms with Crippen molar-refractivity contribution in [2.45, 2.75) is 4.90 Å². The van der Waals surface area contributed by atoms with Crippen LogP contribution >= 0.6 is 46.4 Å². The van der Waals surface area contributed by atoms with Crippen LogP contribution in [0.25, 0.3) is 0 Å². The molecule has 0 aliphatic heterocycles. The van der Waals surface area contributed by atoms with Crippen molar-refractivity contribution in [2.75, 3.05) is 18.5 Å². The Morgan fingerprint density at radius 3 is 2.17 bits per heavy atom. The highest BCUT2D eigenvalue weighted by Gasteiger charge is 2.18. The van der Waals surface area contributed by atoms with Crippen LogP contribution in [0.1, 0.15) is 0 Å². The molecule has 2 rings (SSSR count). The summed E-state index contributed by atoms with van der Waals surface area (Å²) in [5, 5.41) is 12.7. The lowest BCUT2D eigenvalue weighted by molar-refractivity contribution is 0.301. The monoisotopic (exact) mass is 428 g/mol. The molecule has 3 N–H and O–H groups in total. The second kappa shape index (κ2) is 8.10. The maximum atomic E-state index is 12.2. The molecule has 0 heterocycles. The van der Waals surface area contributed by atoms with Gasteiger partial charge in [0, 0.05) is 17.3 Å². The van der Waals surface area contributed by atoms with E-state index in [-0.39, 0.29) is 33.1 Å². The Bertz CT molecular complexity index is 836. The number of hydrogen-bond acceptors (Lipinski definition) is 4. The Labute approximate surface area is 159 Å². The number of benzene rings is 2. The molecule has 0 bridgehead atoms. The van der Waals surface area contributed by atoms with Crippen LogP contribution in [0.4, 0.5) is 11.4 Å². The molecule has 0 atom stereocenters. The Kier molecular flexibility index (Phi) is 6.61. The molecule has 2 aromatic carbocycles. The Morgan fingerprint density at radius 1 is 0.958 bits per heavy atom. The van der Waals surface area contributed by atoms with Crippen LogP contribution in [0.5, 0.6) is 0 Å². The van der Waals surface area contributed by atoms with Crippen molar-refractivity contribution >= 4 is 67.8 Å². The molecule has 0 aliphatic carbocycles. The summed E-state index contributed by atoms with van der Waals surface area (Å²) >= 11 is 24.0. The van der Waals surface area contributed by atoms with Gasteiger partial charge in [0.1, 0.15) is 4.90 Å². The first-order chi connectivity index (χ1) is 11.2. The topological polar surface area (TPSA) is 78.4 Å². The SMILES string of the molecule is O=S(=O)(NCCO)c1cc(Nc2c(Cl)cc(Cl)cc2Cl)ccc1Cl. The highest BCUT2D eigenvalue weighted by Crippen LogP contribution is 2.36. The summed E-state index contributed by atoms with van der Waals surface area (Å²) < 4.78 is 26.6. The van der Waals surface area contributed by atoms with Crippen molar-refractivity contribution in [3.8, 4) is 0 Å². The number of hydrogen-bond donors (Lipinski definition) is 3. The molecule has 0 fully saturated rings. The Morgan fingerprint density at radius 2 is 1.58 bits per heavy atom. The van der Waals surface area contributed by atoms with Crippen molar-refractivity contribution in [3.05, 3.63) is 50.4 Å². The molecule has 0 amide bonds. The van der Waals surface area contributed by atoms with Gasteiger partial charge in [-0.25, -0.2) is 13.1 Å². The lowest BCUT2D eigenvalue weighted by Gasteiger charge is -2.13. The van der Waals surface area contributed by atoms with Gasteiger partial charge in [-0.05, 0) is 30.3 Å². The Balaban J connectivity index is 2.39. The van der Waals surface area contributed by atoms with Crippen LogP contribution < -0.4 is 10.0 Å². The van der Waals surface area contributed by atoms with Crippen molar-refractivity contribution in [1.29, 1.82) is 0 Å². The van der Waals surface area contributed by atoms with E-state index in [2.05, 4.69) is 10.0 Å². The van der Waals surface area contributed by atoms with E-state index in [0.29, 0.717) is 16.4 Å². The molecular weight excluding hydrogens is 418 g/mol. The molecule has 24 heavy (non-hydrogen) atoms. The van der Waals surface area contributed by atoms with Crippen LogP contribution in [0.3, 0.4) is 0 Å². The lowest BCUT2D eigenvalue weighted by atomic mass is 10.2. The molecule has 0 saturated heterocycles. The second-order valence-corrected chi connectivity index (χ2v) is 8.03. The van der Waals surface area contributed by atoms with Gasteiger partial charge in [0.05, 0.1) is 27.4 Å². The third kappa shape index (κ3) is 4.67. The molecule has 0 radical (unpaired) electrons. The first kappa shape index (κ1) is 19.6. The van der Waals surface area contributed by atoms with Gasteiger partial charge in [0.15, 0.2) is 0 Å². The average molecular weight is 430 g/mol. The summed E-state index contributed by atoms with van der Waals surface area (Å²) in [7, 11) is -3.86. The molecule has 2 aromatic rings. The van der Waals surface area contributed by atoms with E-state index in [1.807, 2.05) is 0 Å². The summed E-state index contributed by atoms with van der Waals surface area (Å²) in [5.41, 5.74) is 0.798. The summed E-state index contributed by atoms with van der Waals surface area (Å²) in [6, 6.07) is 7.36. The van der Waals surface area contributed by atoms with Gasteiger partial charge in [-0.3, -0.25) is 0 Å². The number of nitrogens with one attached hydrogen (secondary N) is 2. The first-order valence-electron chi connectivity index (χ1n) is 6.56. The van der Waals surface area contributed by atoms with Gasteiger partial charge >= 0.3 is 0 Å². The fourth-order valence-corrected chi connectivity index (χ4v) is 4.31. The number of aliphatic hydroxyl groups is 1. The van der Waals surface area contributed by atoms with E-state index in [4.69, 9.17) is 51.5 Å². The van der Waals surface area contributed by atoms with Crippen molar-refractivity contribution in [1.82, 2.24) is 4.72 Å². The number of anilines is 2. The van der Waals surface area contributed by atoms with Gasteiger partial charge in [-0.1, -0.05) is 46.4 Å². The fraction of sp³-hybridized carbons (Fsp3) is 0.143. The summed E-state index contributed by atoms with van der Waals surface area (Å²) in [6.07, 6.45) is 0. The average Bonchev–Trinajstić information content (AvgIpc) is 2.50. The van der Waals surface area contributed by atoms with Gasteiger partial charge < -0.3 is 10.4 Å². The highest BCUT2D eigenvalue weighted by atomic mass is 35.5. The lowest BCUT2D eigenvalue weighted by Crippen LogP contribution is -2.26. The predicted molar refractivity (Wildman–Crippen MR) is 98.5 cm³/mol. The van der Waals surface area contributed by atoms with E-state index in [0.717, 1.165) is 0 Å². The third-order valence-corrected chi connectivity index (χ3v) is 5.66. The normalized spacial score (nSPS) is 11.5. The molecule has 0 saturated carbocycles. The summed E-state index contributed by atoms with van der Waals surface area (Å²) in [6.45, 7) is -0.448. The minimum Gasteiger partial charge on any atom is -0.395 e. The molecular formula is C14H12Cl4N2O3S. The van der Waals surface area contributed by atoms with E-state index in [1.54, 1.807) is 6.07 Å². The number of halogens is 4. The second-order valence-electron chi connectivity index (χ2n) is 4.64. The summed E-state index contributed by atoms with van der Waals surface area (Å²) in [4.78, 5) is -0.135. The molecule has 5 nitrogen and oxygen atoms in total. The zero-order valence-electron chi connectivity index (χ0n) is 12.0. The minimum absolute atomic E-state index is 0.0410. The van der Waals surface area contributed by atoms with Crippen molar-refractivity contribution in [3.63, 3.8) is 0 Å². The van der Waals surface area contributed by atoms with Crippen molar-refractivity contribution in [2.24, 2.45) is 0 Å². The van der Waals surface area contributed by atoms with Crippen LogP contribution in [-0.2, 0) is 10.0 Å². The maximum absolute atomic E-state index is 12.2. The standard InChI is InChI=1S/C14H12Cl4N2O3S/c15-8-5-11(17)14(12(18)6-8)20-9-1-2-10(16)13(7-9)24(22,23)19-3-4-21/h1-2,5-7,19-21H,3-4H2. The Hall–Kier alpha value is -0.730. The van der Waals surface area contributed by atoms with Gasteiger partial charge in [0.25, 0.3) is 0 Å². The number of aliphatic hydroxyl groups excluding tert-OH is 1. The molecule has 10 heteroatoms. The first-order valence-corrected chi connectivity index (χ1v) is 9.56. The van der Waals surface area contributed by atoms with E-state index >= 15 is 0 Å². The van der Waals surface area contributed by atoms with Crippen LogP contribution in [0.15, 0.2) is 35.2 Å². The fourth-order valence-electron chi connectivity index (χ4n) is 1.85. The molecule has 0 spiro atoms. The molecule has 0 unspecified atom stereocenters. The van der Waals surface area contributed by atoms with Crippen LogP contribution in [0, 0.1) is 0 Å². The van der Waals surface area contributed by atoms with Gasteiger partial charge in [-0.2, -0.15) is 0 Å². The smallest absolute Gasteiger partial charge is 0.242 e. The van der Waals surface area contributed by atoms with E-state index in [1.165, 1.54) is 24.3 Å². The van der Waals surface area contributed by atoms with E-state index < -0.39 is 10.0 Å². The molecule has 0 aromatic heterocycles. The number of rotatable bonds is 6. The predicted octanol–water partition coefficient (Wildman–Crippen LogP) is 4.31. The maximum Gasteiger partial charge on any atom is 0.242 e. The zero-order chi connectivity index (χ0) is 17.9. The largest absolute Gasteiger partial charge is 0.395 e. The quantitative estimate of drug-likeness (QED) is 0.639. The van der Waals surface area contributed by atoms with Crippen LogP contribution in [0.2, 0.25) is 20.1 Å². The zero-order valence-corrected chi connectivity index (χ0v) is 15.8. The molecule has 0 aliphatic rings. The van der Waals surface area contributed by atoms with E-state index in [9.17, 15) is 8.42 Å². The highest BCUT2D eigenvalue weighted by molar-refractivity contribution is 7.89. The third-order valence-electron chi connectivity index (χ3n) is 2.90. The van der Waals surface area contributed by atoms with Gasteiger partial charge in [0.2, 0.25) is 10.0 Å². The molecule has 130 valence electrons. The van der Waals surface area contributed by atoms with Crippen molar-refractivity contribution < 1.29 is 13.5 Å². The number of sulfonamides is 1. The summed E-state index contributed by atoms with van der Waals surface area (Å²) in [5.74, 6) is 0. The van der Waals surface area contributed by atoms with Crippen LogP contribution in [-0.4, -0.2) is 26.7 Å². The minimum atomic E-state index is -3.86. The van der Waals surface area contributed by atoms with Gasteiger partial charge in [-0.15, -0.1) is 0 Å².